The van der Waals surface area contributed by atoms with Crippen molar-refractivity contribution in [2.24, 2.45) is 12.5 Å². The molecule has 1 heterocycles. The minimum atomic E-state index is 0.443. The Hall–Kier alpha value is -0.310. The van der Waals surface area contributed by atoms with Crippen LogP contribution in [0.15, 0.2) is 4.60 Å². The number of halogens is 1. The van der Waals surface area contributed by atoms with Crippen LogP contribution in [0.1, 0.15) is 31.5 Å². The minimum Gasteiger partial charge on any atom is -0.271 e. The lowest BCUT2D eigenvalue weighted by atomic mass is 9.77. The first-order chi connectivity index (χ1) is 5.99. The maximum atomic E-state index is 4.39. The summed E-state index contributed by atoms with van der Waals surface area (Å²) in [7, 11) is 2.03. The normalized spacial score (nSPS) is 20.0. The molecule has 0 amide bonds. The highest BCUT2D eigenvalue weighted by atomic mass is 79.9. The van der Waals surface area contributed by atoms with Crippen molar-refractivity contribution in [3.05, 3.63) is 15.9 Å². The molecule has 0 saturated heterocycles. The van der Waals surface area contributed by atoms with Gasteiger partial charge in [-0.05, 0) is 40.6 Å². The molecule has 0 saturated carbocycles. The van der Waals surface area contributed by atoms with Crippen LogP contribution < -0.4 is 0 Å². The molecule has 1 aliphatic rings. The maximum Gasteiger partial charge on any atom is 0.131 e. The van der Waals surface area contributed by atoms with Crippen molar-refractivity contribution in [2.75, 3.05) is 0 Å². The fraction of sp³-hybridized carbons (Fsp3) is 0.700. The molecule has 0 fully saturated rings. The van der Waals surface area contributed by atoms with E-state index in [0.29, 0.717) is 5.41 Å². The summed E-state index contributed by atoms with van der Waals surface area (Å²) in [5.74, 6) is 0. The second-order valence-electron chi connectivity index (χ2n) is 4.68. The van der Waals surface area contributed by atoms with Gasteiger partial charge in [-0.2, -0.15) is 5.10 Å². The number of hydrogen-bond acceptors (Lipinski definition) is 1. The number of hydrogen-bond donors (Lipinski definition) is 0. The van der Waals surface area contributed by atoms with Crippen LogP contribution in [0, 0.1) is 5.41 Å². The highest BCUT2D eigenvalue weighted by Gasteiger charge is 2.29. The van der Waals surface area contributed by atoms with Crippen molar-refractivity contribution in [1.29, 1.82) is 0 Å². The maximum absolute atomic E-state index is 4.39. The molecular formula is C10H15BrN2. The van der Waals surface area contributed by atoms with Gasteiger partial charge < -0.3 is 0 Å². The van der Waals surface area contributed by atoms with Crippen LogP contribution in [0.25, 0.3) is 0 Å². The molecule has 0 bridgehead atoms. The van der Waals surface area contributed by atoms with Gasteiger partial charge in [0.05, 0.1) is 0 Å². The Labute approximate surface area is 87.5 Å². The number of rotatable bonds is 0. The molecule has 1 aliphatic carbocycles. The fourth-order valence-electron chi connectivity index (χ4n) is 2.08. The zero-order valence-corrected chi connectivity index (χ0v) is 9.98. The van der Waals surface area contributed by atoms with Crippen LogP contribution in [0.4, 0.5) is 0 Å². The molecule has 2 nitrogen and oxygen atoms in total. The molecule has 1 aromatic rings. The summed E-state index contributed by atoms with van der Waals surface area (Å²) in [4.78, 5) is 0. The van der Waals surface area contributed by atoms with E-state index in [-0.39, 0.29) is 0 Å². The quantitative estimate of drug-likeness (QED) is 0.685. The van der Waals surface area contributed by atoms with E-state index in [1.165, 1.54) is 17.7 Å². The number of nitrogens with zero attached hydrogens (tertiary/aromatic N) is 2. The zero-order valence-electron chi connectivity index (χ0n) is 8.39. The Morgan fingerprint density at radius 2 is 2.15 bits per heavy atom. The van der Waals surface area contributed by atoms with E-state index in [9.17, 15) is 0 Å². The summed E-state index contributed by atoms with van der Waals surface area (Å²) in [5, 5.41) is 4.39. The smallest absolute Gasteiger partial charge is 0.131 e. The van der Waals surface area contributed by atoms with Gasteiger partial charge in [0.1, 0.15) is 4.60 Å². The fourth-order valence-corrected chi connectivity index (χ4v) is 2.69. The van der Waals surface area contributed by atoms with E-state index in [2.05, 4.69) is 34.9 Å². The summed E-state index contributed by atoms with van der Waals surface area (Å²) >= 11 is 3.52. The van der Waals surface area contributed by atoms with Gasteiger partial charge in [-0.1, -0.05) is 13.8 Å². The van der Waals surface area contributed by atoms with E-state index in [1.807, 2.05) is 11.7 Å². The molecule has 2 rings (SSSR count). The summed E-state index contributed by atoms with van der Waals surface area (Å²) < 4.78 is 3.05. The Balaban J connectivity index is 2.45. The first-order valence-corrected chi connectivity index (χ1v) is 5.49. The van der Waals surface area contributed by atoms with Crippen molar-refractivity contribution in [3.63, 3.8) is 0 Å². The van der Waals surface area contributed by atoms with Gasteiger partial charge in [-0.15, -0.1) is 0 Å². The van der Waals surface area contributed by atoms with Gasteiger partial charge in [0.25, 0.3) is 0 Å². The van der Waals surface area contributed by atoms with E-state index in [1.54, 1.807) is 0 Å². The Morgan fingerprint density at radius 1 is 1.46 bits per heavy atom. The molecular weight excluding hydrogens is 228 g/mol. The second-order valence-corrected chi connectivity index (χ2v) is 5.43. The van der Waals surface area contributed by atoms with Crippen molar-refractivity contribution in [3.8, 4) is 0 Å². The topological polar surface area (TPSA) is 17.8 Å². The molecule has 72 valence electrons. The molecule has 0 radical (unpaired) electrons. The van der Waals surface area contributed by atoms with Crippen molar-refractivity contribution in [1.82, 2.24) is 9.78 Å². The molecule has 0 N–H and O–H groups in total. The van der Waals surface area contributed by atoms with Crippen LogP contribution in [-0.4, -0.2) is 9.78 Å². The lowest BCUT2D eigenvalue weighted by Crippen LogP contribution is -2.22. The Bertz CT molecular complexity index is 339. The third-order valence-corrected chi connectivity index (χ3v) is 3.56. The molecule has 13 heavy (non-hydrogen) atoms. The van der Waals surface area contributed by atoms with Crippen LogP contribution in [0.5, 0.6) is 0 Å². The molecule has 0 aliphatic heterocycles. The molecule has 0 unspecified atom stereocenters. The average molecular weight is 243 g/mol. The first-order valence-electron chi connectivity index (χ1n) is 4.70. The molecule has 3 heteroatoms. The van der Waals surface area contributed by atoms with Crippen LogP contribution in [-0.2, 0) is 19.9 Å². The number of fused-ring (bicyclic) bond motifs is 1. The standard InChI is InChI=1S/C10H15BrN2/c1-10(2)5-4-8-7(6-10)9(11)12-13(8)3/h4-6H2,1-3H3. The van der Waals surface area contributed by atoms with Crippen LogP contribution >= 0.6 is 15.9 Å². The lowest BCUT2D eigenvalue weighted by Gasteiger charge is -2.29. The van der Waals surface area contributed by atoms with Crippen molar-refractivity contribution >= 4 is 15.9 Å². The number of aromatic nitrogens is 2. The largest absolute Gasteiger partial charge is 0.271 e. The molecule has 1 aromatic heterocycles. The second kappa shape index (κ2) is 2.84. The van der Waals surface area contributed by atoms with Gasteiger partial charge in [0.2, 0.25) is 0 Å². The lowest BCUT2D eigenvalue weighted by molar-refractivity contribution is 0.310. The van der Waals surface area contributed by atoms with Crippen LogP contribution in [0.3, 0.4) is 0 Å². The van der Waals surface area contributed by atoms with Gasteiger partial charge in [0, 0.05) is 18.3 Å². The Kier molecular flexibility index (Phi) is 2.02. The molecule has 0 atom stereocenters. The zero-order chi connectivity index (χ0) is 9.64. The summed E-state index contributed by atoms with van der Waals surface area (Å²) in [6, 6.07) is 0. The van der Waals surface area contributed by atoms with Crippen molar-refractivity contribution in [2.45, 2.75) is 33.1 Å². The Morgan fingerprint density at radius 3 is 2.85 bits per heavy atom. The van der Waals surface area contributed by atoms with Crippen LogP contribution in [0.2, 0.25) is 0 Å². The summed E-state index contributed by atoms with van der Waals surface area (Å²) in [5.41, 5.74) is 3.27. The van der Waals surface area contributed by atoms with E-state index in [4.69, 9.17) is 0 Å². The van der Waals surface area contributed by atoms with Gasteiger partial charge in [0.15, 0.2) is 0 Å². The summed E-state index contributed by atoms with van der Waals surface area (Å²) in [6.45, 7) is 4.66. The van der Waals surface area contributed by atoms with Gasteiger partial charge >= 0.3 is 0 Å². The van der Waals surface area contributed by atoms with Gasteiger partial charge in [-0.25, -0.2) is 0 Å². The SMILES string of the molecule is Cn1nc(Br)c2c1CCC(C)(C)C2. The first kappa shape index (κ1) is 9.25. The van der Waals surface area contributed by atoms with E-state index < -0.39 is 0 Å². The van der Waals surface area contributed by atoms with Crippen molar-refractivity contribution < 1.29 is 0 Å². The monoisotopic (exact) mass is 242 g/mol. The highest BCUT2D eigenvalue weighted by Crippen LogP contribution is 2.37. The molecule has 0 spiro atoms. The van der Waals surface area contributed by atoms with Gasteiger partial charge in [-0.3, -0.25) is 4.68 Å². The minimum absolute atomic E-state index is 0.443. The highest BCUT2D eigenvalue weighted by molar-refractivity contribution is 9.10. The molecule has 0 aromatic carbocycles. The van der Waals surface area contributed by atoms with E-state index >= 15 is 0 Å². The van der Waals surface area contributed by atoms with E-state index in [0.717, 1.165) is 17.4 Å². The average Bonchev–Trinajstić information content (AvgIpc) is 2.26. The third-order valence-electron chi connectivity index (χ3n) is 2.92. The predicted octanol–water partition coefficient (Wildman–Crippen LogP) is 2.70. The number of aryl methyl sites for hydroxylation is 1. The summed E-state index contributed by atoms with van der Waals surface area (Å²) in [6.07, 6.45) is 3.58. The third kappa shape index (κ3) is 1.54. The predicted molar refractivity (Wildman–Crippen MR) is 56.7 cm³/mol.